The second kappa shape index (κ2) is 13.1. The molecule has 7 aromatic rings. The summed E-state index contributed by atoms with van der Waals surface area (Å²) in [6.45, 7) is 13.4. The van der Waals surface area contributed by atoms with Crippen molar-refractivity contribution in [1.82, 2.24) is 0 Å². The van der Waals surface area contributed by atoms with Gasteiger partial charge in [0.05, 0.1) is 5.69 Å². The third-order valence-electron chi connectivity index (χ3n) is 11.7. The predicted octanol–water partition coefficient (Wildman–Crippen LogP) is 11.2. The van der Waals surface area contributed by atoms with Crippen molar-refractivity contribution >= 4 is 40.2 Å². The summed E-state index contributed by atoms with van der Waals surface area (Å²) in [5, 5.41) is 0. The highest BCUT2D eigenvalue weighted by Crippen LogP contribution is 2.46. The predicted molar refractivity (Wildman–Crippen MR) is 228 cm³/mol. The number of anilines is 3. The molecule has 0 amide bonds. The Kier molecular flexibility index (Phi) is 8.23. The van der Waals surface area contributed by atoms with Gasteiger partial charge in [-0.3, -0.25) is 0 Å². The van der Waals surface area contributed by atoms with Crippen LogP contribution in [-0.4, -0.2) is 6.71 Å². The number of benzene rings is 7. The van der Waals surface area contributed by atoms with Gasteiger partial charge in [0.2, 0.25) is 6.71 Å². The molecule has 53 heavy (non-hydrogen) atoms. The van der Waals surface area contributed by atoms with E-state index in [0.717, 1.165) is 12.8 Å². The SMILES string of the molecule is Cc1ccc(CCC2c3ccc(C)cc3B3c4cc(C)ccc4N(c4ccc(C)cc4-c4ccc(C)cc4)c4cc(-c5ccc(C)cc5)cc2c43)cc1. The van der Waals surface area contributed by atoms with Gasteiger partial charge in [0.15, 0.2) is 0 Å². The van der Waals surface area contributed by atoms with Gasteiger partial charge in [-0.15, -0.1) is 0 Å². The van der Waals surface area contributed by atoms with E-state index in [-0.39, 0.29) is 12.6 Å². The third kappa shape index (κ3) is 5.91. The molecule has 2 aliphatic heterocycles. The first-order valence-electron chi connectivity index (χ1n) is 19.2. The number of nitrogens with zero attached hydrogens (tertiary/aromatic N) is 1. The van der Waals surface area contributed by atoms with Crippen molar-refractivity contribution in [3.05, 3.63) is 190 Å². The molecule has 7 aromatic carbocycles. The third-order valence-corrected chi connectivity index (χ3v) is 11.7. The molecule has 1 atom stereocenters. The Labute approximate surface area is 316 Å². The molecule has 0 fully saturated rings. The van der Waals surface area contributed by atoms with Gasteiger partial charge in [-0.25, -0.2) is 0 Å². The van der Waals surface area contributed by atoms with Gasteiger partial charge in [0, 0.05) is 22.9 Å². The Bertz CT molecular complexity index is 2510. The molecule has 0 saturated carbocycles. The van der Waals surface area contributed by atoms with E-state index in [4.69, 9.17) is 0 Å². The maximum Gasteiger partial charge on any atom is 0.247 e. The lowest BCUT2D eigenvalue weighted by atomic mass is 9.31. The molecule has 0 aliphatic carbocycles. The minimum absolute atomic E-state index is 0.150. The van der Waals surface area contributed by atoms with E-state index in [2.05, 4.69) is 186 Å². The first kappa shape index (κ1) is 33.3. The first-order valence-corrected chi connectivity index (χ1v) is 19.2. The van der Waals surface area contributed by atoms with Gasteiger partial charge in [0.25, 0.3) is 0 Å². The summed E-state index contributed by atoms with van der Waals surface area (Å²) >= 11 is 0. The monoisotopic (exact) mass is 683 g/mol. The van der Waals surface area contributed by atoms with Gasteiger partial charge in [-0.1, -0.05) is 154 Å². The average molecular weight is 684 g/mol. The second-order valence-electron chi connectivity index (χ2n) is 15.8. The average Bonchev–Trinajstić information content (AvgIpc) is 3.16. The van der Waals surface area contributed by atoms with Crippen LogP contribution >= 0.6 is 0 Å². The zero-order chi connectivity index (χ0) is 36.4. The topological polar surface area (TPSA) is 3.24 Å². The minimum Gasteiger partial charge on any atom is -0.311 e. The molecule has 0 radical (unpaired) electrons. The van der Waals surface area contributed by atoms with Crippen LogP contribution in [0.3, 0.4) is 0 Å². The highest BCUT2D eigenvalue weighted by atomic mass is 15.2. The van der Waals surface area contributed by atoms with E-state index < -0.39 is 0 Å². The number of fused-ring (bicyclic) bond motifs is 4. The summed E-state index contributed by atoms with van der Waals surface area (Å²) in [6.07, 6.45) is 2.08. The van der Waals surface area contributed by atoms with E-state index in [1.165, 1.54) is 106 Å². The molecule has 2 heteroatoms. The first-order chi connectivity index (χ1) is 25.7. The molecular weight excluding hydrogens is 637 g/mol. The van der Waals surface area contributed by atoms with Crippen LogP contribution in [0.2, 0.25) is 0 Å². The molecule has 0 spiro atoms. The molecule has 9 rings (SSSR count). The lowest BCUT2D eigenvalue weighted by Gasteiger charge is -2.44. The van der Waals surface area contributed by atoms with Crippen molar-refractivity contribution < 1.29 is 0 Å². The molecule has 1 nitrogen and oxygen atoms in total. The summed E-state index contributed by atoms with van der Waals surface area (Å²) < 4.78 is 0. The molecule has 1 unspecified atom stereocenters. The van der Waals surface area contributed by atoms with Crippen LogP contribution in [0.4, 0.5) is 17.1 Å². The van der Waals surface area contributed by atoms with E-state index >= 15 is 0 Å². The van der Waals surface area contributed by atoms with Crippen molar-refractivity contribution in [2.45, 2.75) is 60.3 Å². The molecule has 2 aliphatic rings. The molecule has 0 aromatic heterocycles. The maximum absolute atomic E-state index is 2.61. The normalized spacial score (nSPS) is 14.1. The van der Waals surface area contributed by atoms with Crippen molar-refractivity contribution in [2.75, 3.05) is 4.90 Å². The summed E-state index contributed by atoms with van der Waals surface area (Å²) in [5.41, 5.74) is 25.2. The van der Waals surface area contributed by atoms with Crippen molar-refractivity contribution in [3.63, 3.8) is 0 Å². The van der Waals surface area contributed by atoms with Gasteiger partial charge in [-0.2, -0.15) is 0 Å². The van der Waals surface area contributed by atoms with Crippen LogP contribution < -0.4 is 21.3 Å². The molecule has 0 bridgehead atoms. The number of aryl methyl sites for hydroxylation is 7. The fourth-order valence-corrected chi connectivity index (χ4v) is 8.95. The Morgan fingerprint density at radius 2 is 0.981 bits per heavy atom. The van der Waals surface area contributed by atoms with E-state index in [9.17, 15) is 0 Å². The molecular formula is C51H46BN. The summed E-state index contributed by atoms with van der Waals surface area (Å²) in [6, 6.07) is 53.8. The zero-order valence-electron chi connectivity index (χ0n) is 31.8. The van der Waals surface area contributed by atoms with Crippen LogP contribution in [0, 0.1) is 41.5 Å². The second-order valence-corrected chi connectivity index (χ2v) is 15.8. The van der Waals surface area contributed by atoms with Crippen LogP contribution in [0.15, 0.2) is 140 Å². The molecule has 0 saturated heterocycles. The van der Waals surface area contributed by atoms with E-state index in [1.807, 2.05) is 0 Å². The van der Waals surface area contributed by atoms with Crippen LogP contribution in [0.25, 0.3) is 22.3 Å². The van der Waals surface area contributed by atoms with Crippen LogP contribution in [-0.2, 0) is 6.42 Å². The van der Waals surface area contributed by atoms with Crippen LogP contribution in [0.1, 0.15) is 62.4 Å². The maximum atomic E-state index is 2.61. The zero-order valence-corrected chi connectivity index (χ0v) is 31.8. The van der Waals surface area contributed by atoms with Crippen molar-refractivity contribution in [1.29, 1.82) is 0 Å². The highest BCUT2D eigenvalue weighted by molar-refractivity contribution is 6.99. The van der Waals surface area contributed by atoms with Gasteiger partial charge in [-0.05, 0) is 123 Å². The Balaban J connectivity index is 1.35. The lowest BCUT2D eigenvalue weighted by Crippen LogP contribution is -2.62. The minimum atomic E-state index is 0.150. The Morgan fingerprint density at radius 1 is 0.434 bits per heavy atom. The van der Waals surface area contributed by atoms with Gasteiger partial charge < -0.3 is 4.90 Å². The molecule has 0 N–H and O–H groups in total. The van der Waals surface area contributed by atoms with E-state index in [0.29, 0.717) is 0 Å². The van der Waals surface area contributed by atoms with Crippen LogP contribution in [0.5, 0.6) is 0 Å². The number of hydrogen-bond donors (Lipinski definition) is 0. The Hall–Kier alpha value is -5.60. The summed E-state index contributed by atoms with van der Waals surface area (Å²) in [4.78, 5) is 2.61. The van der Waals surface area contributed by atoms with Crippen molar-refractivity contribution in [3.8, 4) is 22.3 Å². The fraction of sp³-hybridized carbons (Fsp3) is 0.176. The number of rotatable bonds is 6. The van der Waals surface area contributed by atoms with Gasteiger partial charge in [0.1, 0.15) is 0 Å². The van der Waals surface area contributed by atoms with Gasteiger partial charge >= 0.3 is 0 Å². The fourth-order valence-electron chi connectivity index (χ4n) is 8.95. The number of hydrogen-bond acceptors (Lipinski definition) is 1. The smallest absolute Gasteiger partial charge is 0.247 e. The summed E-state index contributed by atoms with van der Waals surface area (Å²) in [5.74, 6) is 0.269. The standard InChI is InChI=1S/C51H46BN/c1-32-7-16-38(17-8-32)18-24-42-43-23-13-36(5)28-46(43)52-47-29-37(6)15-26-49(47)53(48-25-14-35(4)27-44(48)40-21-11-34(3)12-22-40)50-31-41(30-45(42)51(50)52)39-19-9-33(2)10-20-39/h7-17,19-23,25-31,42H,18,24H2,1-6H3. The lowest BCUT2D eigenvalue weighted by molar-refractivity contribution is 0.719. The molecule has 258 valence electrons. The highest BCUT2D eigenvalue weighted by Gasteiger charge is 2.44. The van der Waals surface area contributed by atoms with E-state index in [1.54, 1.807) is 0 Å². The Morgan fingerprint density at radius 3 is 1.66 bits per heavy atom. The largest absolute Gasteiger partial charge is 0.311 e. The quantitative estimate of drug-likeness (QED) is 0.158. The summed E-state index contributed by atoms with van der Waals surface area (Å²) in [7, 11) is 0. The molecule has 2 heterocycles. The van der Waals surface area contributed by atoms with Crippen molar-refractivity contribution in [2.24, 2.45) is 0 Å².